The van der Waals surface area contributed by atoms with Gasteiger partial charge in [0.1, 0.15) is 5.60 Å². The van der Waals surface area contributed by atoms with Gasteiger partial charge in [-0.15, -0.1) is 0 Å². The third-order valence-corrected chi connectivity index (χ3v) is 2.35. The number of carbonyl (C=O) groups excluding carboxylic acids is 1. The molecule has 1 N–H and O–H groups in total. The molecule has 1 unspecified atom stereocenters. The van der Waals surface area contributed by atoms with Crippen LogP contribution in [-0.4, -0.2) is 16.5 Å². The fourth-order valence-corrected chi connectivity index (χ4v) is 1.27. The minimum Gasteiger partial charge on any atom is -0.381 e. The Balaban J connectivity index is 5.13. The highest BCUT2D eigenvalue weighted by molar-refractivity contribution is 5.87. The van der Waals surface area contributed by atoms with Crippen LogP contribution in [0.1, 0.15) is 34.6 Å². The Morgan fingerprint density at radius 2 is 1.71 bits per heavy atom. The van der Waals surface area contributed by atoms with Gasteiger partial charge in [-0.2, -0.15) is 0 Å². The molecule has 80 valence electrons. The molecule has 1 atom stereocenters. The minimum atomic E-state index is -1.13. The molecule has 0 spiro atoms. The molecule has 2 heteroatoms. The normalized spacial score (nSPS) is 16.7. The molecule has 0 heterocycles. The molecular formula is C12H20O2. The highest BCUT2D eigenvalue weighted by Crippen LogP contribution is 2.36. The predicted molar refractivity (Wildman–Crippen MR) is 59.0 cm³/mol. The molecule has 0 bridgehead atoms. The average Bonchev–Trinajstić information content (AvgIpc) is 1.97. The minimum absolute atomic E-state index is 0.0751. The van der Waals surface area contributed by atoms with Gasteiger partial charge in [-0.05, 0) is 37.0 Å². The lowest BCUT2D eigenvalue weighted by Crippen LogP contribution is -2.41. The summed E-state index contributed by atoms with van der Waals surface area (Å²) in [6.45, 7) is 12.7. The maximum atomic E-state index is 10.8. The molecule has 0 fully saturated rings. The van der Waals surface area contributed by atoms with Gasteiger partial charge in [0.05, 0.1) is 0 Å². The Hall–Kier alpha value is -0.890. The van der Waals surface area contributed by atoms with Crippen molar-refractivity contribution in [2.24, 2.45) is 5.41 Å². The molecule has 0 saturated heterocycles. The first-order valence-corrected chi connectivity index (χ1v) is 4.69. The lowest BCUT2D eigenvalue weighted by Gasteiger charge is -2.38. The molecule has 0 aromatic carbocycles. The van der Waals surface area contributed by atoms with E-state index < -0.39 is 5.60 Å². The van der Waals surface area contributed by atoms with Crippen molar-refractivity contribution >= 4 is 5.78 Å². The molecule has 0 aromatic rings. The summed E-state index contributed by atoms with van der Waals surface area (Å²) < 4.78 is 0. The molecule has 0 rings (SSSR count). The van der Waals surface area contributed by atoms with E-state index in [2.05, 4.69) is 6.58 Å². The number of hydrogen-bond acceptors (Lipinski definition) is 2. The molecule has 0 aliphatic rings. The number of hydrogen-bond donors (Lipinski definition) is 1. The van der Waals surface area contributed by atoms with Gasteiger partial charge in [-0.3, -0.25) is 4.79 Å². The molecule has 0 aliphatic carbocycles. The van der Waals surface area contributed by atoms with Crippen LogP contribution in [0.4, 0.5) is 0 Å². The first kappa shape index (κ1) is 13.1. The lowest BCUT2D eigenvalue weighted by molar-refractivity contribution is -0.112. The summed E-state index contributed by atoms with van der Waals surface area (Å²) in [5.74, 6) is -0.0751. The summed E-state index contributed by atoms with van der Waals surface area (Å²) in [6.07, 6.45) is 2.91. The van der Waals surface area contributed by atoms with Crippen molar-refractivity contribution in [3.63, 3.8) is 0 Å². The van der Waals surface area contributed by atoms with E-state index in [1.54, 1.807) is 6.92 Å². The third-order valence-electron chi connectivity index (χ3n) is 2.35. The van der Waals surface area contributed by atoms with E-state index in [1.165, 1.54) is 19.1 Å². The van der Waals surface area contributed by atoms with Crippen LogP contribution < -0.4 is 0 Å². The van der Waals surface area contributed by atoms with Gasteiger partial charge in [0, 0.05) is 0 Å². The van der Waals surface area contributed by atoms with Crippen LogP contribution in [0.5, 0.6) is 0 Å². The van der Waals surface area contributed by atoms with Crippen LogP contribution in [0, 0.1) is 5.41 Å². The van der Waals surface area contributed by atoms with E-state index in [9.17, 15) is 9.90 Å². The first-order valence-electron chi connectivity index (χ1n) is 4.69. The smallest absolute Gasteiger partial charge is 0.152 e. The van der Waals surface area contributed by atoms with Crippen LogP contribution in [0.2, 0.25) is 0 Å². The molecule has 0 radical (unpaired) electrons. The number of aliphatic hydroxyl groups is 1. The highest BCUT2D eigenvalue weighted by Gasteiger charge is 2.38. The van der Waals surface area contributed by atoms with Crippen LogP contribution in [0.25, 0.3) is 0 Å². The average molecular weight is 196 g/mol. The molecule has 2 nitrogen and oxygen atoms in total. The van der Waals surface area contributed by atoms with Crippen molar-refractivity contribution in [2.75, 3.05) is 0 Å². The second kappa shape index (κ2) is 4.09. The van der Waals surface area contributed by atoms with Crippen molar-refractivity contribution < 1.29 is 9.90 Å². The number of rotatable bonds is 3. The zero-order valence-electron chi connectivity index (χ0n) is 9.72. The Bertz CT molecular complexity index is 269. The maximum absolute atomic E-state index is 10.8. The van der Waals surface area contributed by atoms with Crippen molar-refractivity contribution in [3.05, 3.63) is 24.3 Å². The second-order valence-electron chi connectivity index (χ2n) is 4.74. The number of carbonyl (C=O) groups is 1. The summed E-state index contributed by atoms with van der Waals surface area (Å²) in [7, 11) is 0. The largest absolute Gasteiger partial charge is 0.381 e. The molecular weight excluding hydrogens is 176 g/mol. The van der Waals surface area contributed by atoms with Crippen molar-refractivity contribution in [1.82, 2.24) is 0 Å². The number of allylic oxidation sites excluding steroid dienone is 1. The third kappa shape index (κ3) is 2.81. The van der Waals surface area contributed by atoms with Crippen LogP contribution >= 0.6 is 0 Å². The monoisotopic (exact) mass is 196 g/mol. The van der Waals surface area contributed by atoms with Crippen molar-refractivity contribution in [2.45, 2.75) is 40.2 Å². The van der Waals surface area contributed by atoms with E-state index in [4.69, 9.17) is 0 Å². The van der Waals surface area contributed by atoms with Gasteiger partial charge >= 0.3 is 0 Å². The first-order chi connectivity index (χ1) is 6.11. The second-order valence-corrected chi connectivity index (χ2v) is 4.74. The van der Waals surface area contributed by atoms with Gasteiger partial charge in [0.25, 0.3) is 0 Å². The topological polar surface area (TPSA) is 37.3 Å². The van der Waals surface area contributed by atoms with Crippen LogP contribution in [0.15, 0.2) is 24.3 Å². The highest BCUT2D eigenvalue weighted by atomic mass is 16.3. The van der Waals surface area contributed by atoms with Gasteiger partial charge in [0.2, 0.25) is 0 Å². The molecule has 0 amide bonds. The van der Waals surface area contributed by atoms with E-state index >= 15 is 0 Å². The zero-order valence-corrected chi connectivity index (χ0v) is 9.72. The number of ketones is 1. The quantitative estimate of drug-likeness (QED) is 0.556. The van der Waals surface area contributed by atoms with E-state index in [1.807, 2.05) is 20.8 Å². The summed E-state index contributed by atoms with van der Waals surface area (Å²) in [6, 6.07) is 0. The van der Waals surface area contributed by atoms with E-state index in [0.717, 1.165) is 0 Å². The Morgan fingerprint density at radius 3 is 1.93 bits per heavy atom. The summed E-state index contributed by atoms with van der Waals surface area (Å²) >= 11 is 0. The Kier molecular flexibility index (Phi) is 3.83. The van der Waals surface area contributed by atoms with Crippen molar-refractivity contribution in [3.8, 4) is 0 Å². The Morgan fingerprint density at radius 1 is 1.29 bits per heavy atom. The van der Waals surface area contributed by atoms with Gasteiger partial charge in [0.15, 0.2) is 5.78 Å². The summed E-state index contributed by atoms with van der Waals surface area (Å²) in [4.78, 5) is 10.8. The standard InChI is InChI=1S/C12H20O2/c1-9(2)12(14,11(4,5)6)8-7-10(3)13/h7-8,14H,1H2,2-6H3/b8-7+. The fourth-order valence-electron chi connectivity index (χ4n) is 1.27. The van der Waals surface area contributed by atoms with Gasteiger partial charge < -0.3 is 5.11 Å². The zero-order chi connectivity index (χ0) is 11.6. The summed E-state index contributed by atoms with van der Waals surface area (Å²) in [5.41, 5.74) is -0.855. The van der Waals surface area contributed by atoms with Crippen molar-refractivity contribution in [1.29, 1.82) is 0 Å². The van der Waals surface area contributed by atoms with E-state index in [0.29, 0.717) is 5.57 Å². The van der Waals surface area contributed by atoms with E-state index in [-0.39, 0.29) is 11.2 Å². The van der Waals surface area contributed by atoms with Gasteiger partial charge in [-0.1, -0.05) is 27.4 Å². The SMILES string of the molecule is C=C(C)C(O)(/C=C/C(C)=O)C(C)(C)C. The molecule has 0 saturated carbocycles. The predicted octanol–water partition coefficient (Wildman–Crippen LogP) is 2.48. The molecule has 14 heavy (non-hydrogen) atoms. The van der Waals surface area contributed by atoms with Gasteiger partial charge in [-0.25, -0.2) is 0 Å². The molecule has 0 aliphatic heterocycles. The summed E-state index contributed by atoms with van der Waals surface area (Å²) in [5, 5.41) is 10.3. The van der Waals surface area contributed by atoms with Crippen LogP contribution in [-0.2, 0) is 4.79 Å². The Labute approximate surface area is 86.3 Å². The lowest BCUT2D eigenvalue weighted by atomic mass is 9.72. The van der Waals surface area contributed by atoms with Crippen LogP contribution in [0.3, 0.4) is 0 Å². The molecule has 0 aromatic heterocycles. The fraction of sp³-hybridized carbons (Fsp3) is 0.583. The maximum Gasteiger partial charge on any atom is 0.152 e.